The van der Waals surface area contributed by atoms with Crippen molar-refractivity contribution in [1.29, 1.82) is 0 Å². The summed E-state index contributed by atoms with van der Waals surface area (Å²) in [5.41, 5.74) is 3.79. The molecule has 1 aromatic heterocycles. The van der Waals surface area contributed by atoms with Crippen LogP contribution in [-0.2, 0) is 6.54 Å². The fourth-order valence-electron chi connectivity index (χ4n) is 4.18. The third-order valence-corrected chi connectivity index (χ3v) is 6.23. The van der Waals surface area contributed by atoms with Crippen molar-refractivity contribution in [3.63, 3.8) is 0 Å². The minimum absolute atomic E-state index is 0.124. The summed E-state index contributed by atoms with van der Waals surface area (Å²) in [5.74, 6) is 1.63. The molecule has 162 valence electrons. The summed E-state index contributed by atoms with van der Waals surface area (Å²) < 4.78 is 2.08. The fourth-order valence-corrected chi connectivity index (χ4v) is 4.63. The average molecular weight is 458 g/mol. The molecule has 1 aliphatic heterocycles. The molecule has 8 heteroatoms. The van der Waals surface area contributed by atoms with E-state index in [0.717, 1.165) is 46.9 Å². The minimum atomic E-state index is -0.130. The Balaban J connectivity index is 1.58. The largest absolute Gasteiger partial charge is 0.322 e. The molecule has 1 N–H and O–H groups in total. The Kier molecular flexibility index (Phi) is 6.21. The number of nitrogens with one attached hydrogen (secondary N) is 1. The Hall–Kier alpha value is -2.57. The van der Waals surface area contributed by atoms with E-state index in [2.05, 4.69) is 20.1 Å². The van der Waals surface area contributed by atoms with Crippen LogP contribution in [0.4, 0.5) is 10.5 Å². The van der Waals surface area contributed by atoms with Crippen molar-refractivity contribution in [3.05, 3.63) is 74.8 Å². The van der Waals surface area contributed by atoms with Crippen LogP contribution in [0.1, 0.15) is 47.2 Å². The van der Waals surface area contributed by atoms with Gasteiger partial charge in [-0.15, -0.1) is 10.2 Å². The lowest BCUT2D eigenvalue weighted by Gasteiger charge is -2.26. The number of nitrogens with zero attached hydrogens (tertiary/aromatic N) is 4. The molecule has 0 aliphatic carbocycles. The van der Waals surface area contributed by atoms with Gasteiger partial charge in [-0.25, -0.2) is 4.79 Å². The lowest BCUT2D eigenvalue weighted by molar-refractivity contribution is 0.203. The summed E-state index contributed by atoms with van der Waals surface area (Å²) in [4.78, 5) is 15.1. The highest BCUT2D eigenvalue weighted by atomic mass is 35.5. The Morgan fingerprint density at radius 1 is 1.06 bits per heavy atom. The highest BCUT2D eigenvalue weighted by molar-refractivity contribution is 6.31. The number of amides is 2. The first-order valence-corrected chi connectivity index (χ1v) is 11.1. The molecule has 0 bridgehead atoms. The van der Waals surface area contributed by atoms with Gasteiger partial charge in [-0.2, -0.15) is 0 Å². The van der Waals surface area contributed by atoms with Gasteiger partial charge < -0.3 is 14.8 Å². The number of halogens is 2. The summed E-state index contributed by atoms with van der Waals surface area (Å²) in [5, 5.41) is 13.2. The topological polar surface area (TPSA) is 63.1 Å². The molecule has 1 fully saturated rings. The van der Waals surface area contributed by atoms with Crippen molar-refractivity contribution >= 4 is 34.9 Å². The average Bonchev–Trinajstić information content (AvgIpc) is 3.33. The van der Waals surface area contributed by atoms with Crippen LogP contribution in [-0.4, -0.2) is 32.2 Å². The molecule has 2 aromatic carbocycles. The number of hydrogen-bond donors (Lipinski definition) is 1. The first-order valence-electron chi connectivity index (χ1n) is 10.3. The van der Waals surface area contributed by atoms with Crippen molar-refractivity contribution in [2.75, 3.05) is 11.9 Å². The number of likely N-dealkylation sites (tertiary alicyclic amines) is 1. The third-order valence-electron chi connectivity index (χ3n) is 5.76. The van der Waals surface area contributed by atoms with E-state index in [-0.39, 0.29) is 12.1 Å². The number of rotatable bonds is 4. The van der Waals surface area contributed by atoms with Crippen LogP contribution in [0.3, 0.4) is 0 Å². The highest BCUT2D eigenvalue weighted by Crippen LogP contribution is 2.33. The van der Waals surface area contributed by atoms with Gasteiger partial charge in [-0.3, -0.25) is 0 Å². The summed E-state index contributed by atoms with van der Waals surface area (Å²) in [6, 6.07) is 11.2. The number of aromatic nitrogens is 3. The molecule has 1 atom stereocenters. The summed E-state index contributed by atoms with van der Waals surface area (Å²) in [6.45, 7) is 7.14. The van der Waals surface area contributed by atoms with Gasteiger partial charge in [0.25, 0.3) is 0 Å². The second-order valence-electron chi connectivity index (χ2n) is 8.01. The smallest absolute Gasteiger partial charge is 0.314 e. The maximum atomic E-state index is 13.2. The summed E-state index contributed by atoms with van der Waals surface area (Å²) in [7, 11) is 0. The molecule has 6 nitrogen and oxygen atoms in total. The molecule has 3 aromatic rings. The lowest BCUT2D eigenvalue weighted by Crippen LogP contribution is -2.36. The molecule has 0 unspecified atom stereocenters. The maximum absolute atomic E-state index is 13.2. The molecule has 0 spiro atoms. The summed E-state index contributed by atoms with van der Waals surface area (Å²) in [6.07, 6.45) is 1.77. The van der Waals surface area contributed by atoms with Crippen molar-refractivity contribution in [1.82, 2.24) is 19.7 Å². The number of urea groups is 1. The van der Waals surface area contributed by atoms with Crippen LogP contribution in [0.5, 0.6) is 0 Å². The molecular weight excluding hydrogens is 433 g/mol. The highest BCUT2D eigenvalue weighted by Gasteiger charge is 2.34. The molecule has 1 aliphatic rings. The van der Waals surface area contributed by atoms with E-state index in [1.807, 2.05) is 62.1 Å². The zero-order valence-corrected chi connectivity index (χ0v) is 19.3. The van der Waals surface area contributed by atoms with Gasteiger partial charge in [0, 0.05) is 22.3 Å². The molecule has 0 radical (unpaired) electrons. The Bertz CT molecular complexity index is 1090. The van der Waals surface area contributed by atoms with E-state index in [9.17, 15) is 4.79 Å². The molecule has 0 saturated carbocycles. The van der Waals surface area contributed by atoms with E-state index < -0.39 is 0 Å². The van der Waals surface area contributed by atoms with Crippen LogP contribution >= 0.6 is 23.2 Å². The van der Waals surface area contributed by atoms with Gasteiger partial charge in [0.2, 0.25) is 0 Å². The molecular formula is C23H25Cl2N5O. The number of anilines is 1. The number of carbonyl (C=O) groups is 1. The van der Waals surface area contributed by atoms with E-state index in [4.69, 9.17) is 23.2 Å². The molecule has 4 rings (SSSR count). The van der Waals surface area contributed by atoms with E-state index in [1.165, 1.54) is 0 Å². The predicted octanol–water partition coefficient (Wildman–Crippen LogP) is 5.93. The first-order chi connectivity index (χ1) is 14.8. The molecule has 2 amide bonds. The van der Waals surface area contributed by atoms with Crippen molar-refractivity contribution in [3.8, 4) is 0 Å². The third kappa shape index (κ3) is 4.55. The first kappa shape index (κ1) is 21.7. The second-order valence-corrected chi connectivity index (χ2v) is 8.89. The quantitative estimate of drug-likeness (QED) is 0.527. The van der Waals surface area contributed by atoms with E-state index in [1.54, 1.807) is 0 Å². The zero-order chi connectivity index (χ0) is 22.1. The van der Waals surface area contributed by atoms with Gasteiger partial charge in [0.05, 0.1) is 12.6 Å². The van der Waals surface area contributed by atoms with Crippen LogP contribution in [0.15, 0.2) is 36.4 Å². The van der Waals surface area contributed by atoms with Crippen molar-refractivity contribution < 1.29 is 4.79 Å². The van der Waals surface area contributed by atoms with Crippen molar-refractivity contribution in [2.24, 2.45) is 0 Å². The van der Waals surface area contributed by atoms with E-state index >= 15 is 0 Å². The van der Waals surface area contributed by atoms with Gasteiger partial charge in [0.15, 0.2) is 5.82 Å². The predicted molar refractivity (Wildman–Crippen MR) is 124 cm³/mol. The maximum Gasteiger partial charge on any atom is 0.322 e. The van der Waals surface area contributed by atoms with Crippen LogP contribution < -0.4 is 5.32 Å². The number of carbonyl (C=O) groups excluding carboxylic acids is 1. The SMILES string of the molecule is Cc1cc(Cl)cc(C)c1NC(=O)N1CCC[C@@H]1c1nnc(C)n1Cc1ccc(Cl)cc1. The van der Waals surface area contributed by atoms with Gasteiger partial charge >= 0.3 is 6.03 Å². The lowest BCUT2D eigenvalue weighted by atomic mass is 10.1. The Morgan fingerprint density at radius 3 is 2.42 bits per heavy atom. The molecule has 1 saturated heterocycles. The second kappa shape index (κ2) is 8.89. The van der Waals surface area contributed by atoms with Gasteiger partial charge in [-0.1, -0.05) is 35.3 Å². The number of hydrogen-bond acceptors (Lipinski definition) is 3. The van der Waals surface area contributed by atoms with Crippen molar-refractivity contribution in [2.45, 2.75) is 46.2 Å². The summed E-state index contributed by atoms with van der Waals surface area (Å²) >= 11 is 12.2. The molecule has 31 heavy (non-hydrogen) atoms. The van der Waals surface area contributed by atoms with Crippen LogP contribution in [0, 0.1) is 20.8 Å². The van der Waals surface area contributed by atoms with E-state index in [0.29, 0.717) is 23.1 Å². The van der Waals surface area contributed by atoms with Crippen LogP contribution in [0.2, 0.25) is 10.0 Å². The fraction of sp³-hybridized carbons (Fsp3) is 0.348. The number of aryl methyl sites for hydroxylation is 3. The minimum Gasteiger partial charge on any atom is -0.314 e. The normalized spacial score (nSPS) is 16.0. The standard InChI is InChI=1S/C23H25Cl2N5O/c1-14-11-19(25)12-15(2)21(14)26-23(31)29-10-4-5-20(29)22-28-27-16(3)30(22)13-17-6-8-18(24)9-7-17/h6-9,11-12,20H,4-5,10,13H2,1-3H3,(H,26,31)/t20-/m1/s1. The Labute approximate surface area is 192 Å². The van der Waals surface area contributed by atoms with Gasteiger partial charge in [0.1, 0.15) is 5.82 Å². The number of benzene rings is 2. The zero-order valence-electron chi connectivity index (χ0n) is 17.8. The molecule has 2 heterocycles. The van der Waals surface area contributed by atoms with Gasteiger partial charge in [-0.05, 0) is 74.6 Å². The Morgan fingerprint density at radius 2 is 1.74 bits per heavy atom. The van der Waals surface area contributed by atoms with Crippen LogP contribution in [0.25, 0.3) is 0 Å². The monoisotopic (exact) mass is 457 g/mol.